The van der Waals surface area contributed by atoms with E-state index in [1.807, 2.05) is 7.05 Å². The van der Waals surface area contributed by atoms with Gasteiger partial charge in [0.2, 0.25) is 0 Å². The van der Waals surface area contributed by atoms with Crippen LogP contribution in [-0.2, 0) is 9.53 Å². The number of carbonyl (C=O) groups is 2. The molecule has 1 aliphatic heterocycles. The van der Waals surface area contributed by atoms with Gasteiger partial charge in [0.1, 0.15) is 0 Å². The maximum absolute atomic E-state index is 11.7. The van der Waals surface area contributed by atoms with Crippen LogP contribution in [0.5, 0.6) is 0 Å². The topological polar surface area (TPSA) is 90.9 Å². The lowest BCUT2D eigenvalue weighted by Gasteiger charge is -2.18. The van der Waals surface area contributed by atoms with Crippen LogP contribution >= 0.6 is 0 Å². The summed E-state index contributed by atoms with van der Waals surface area (Å²) in [6, 6.07) is -0.106. The zero-order valence-electron chi connectivity index (χ0n) is 11.5. The summed E-state index contributed by atoms with van der Waals surface area (Å²) in [5.41, 5.74) is 0. The smallest absolute Gasteiger partial charge is 0.315 e. The Balaban J connectivity index is 2.24. The zero-order valence-corrected chi connectivity index (χ0v) is 11.5. The lowest BCUT2D eigenvalue weighted by atomic mass is 10.2. The van der Waals surface area contributed by atoms with Crippen molar-refractivity contribution < 1.29 is 19.4 Å². The number of rotatable bonds is 7. The Morgan fingerprint density at radius 1 is 1.53 bits per heavy atom. The van der Waals surface area contributed by atoms with Gasteiger partial charge in [-0.15, -0.1) is 0 Å². The molecule has 7 nitrogen and oxygen atoms in total. The van der Waals surface area contributed by atoms with Crippen molar-refractivity contribution in [3.05, 3.63) is 0 Å². The van der Waals surface area contributed by atoms with E-state index in [-0.39, 0.29) is 25.0 Å². The maximum atomic E-state index is 11.7. The first-order chi connectivity index (χ1) is 9.01. The number of hydrogen-bond acceptors (Lipinski definition) is 4. The van der Waals surface area contributed by atoms with Crippen LogP contribution in [0.1, 0.15) is 19.8 Å². The number of likely N-dealkylation sites (N-methyl/N-ethyl adjacent to an activating group) is 1. The van der Waals surface area contributed by atoms with Crippen LogP contribution in [0.4, 0.5) is 4.79 Å². The summed E-state index contributed by atoms with van der Waals surface area (Å²) in [5, 5.41) is 14.2. The Kier molecular flexibility index (Phi) is 6.58. The fourth-order valence-corrected chi connectivity index (χ4v) is 2.12. The van der Waals surface area contributed by atoms with Crippen LogP contribution in [0.15, 0.2) is 0 Å². The second-order valence-electron chi connectivity index (χ2n) is 4.78. The van der Waals surface area contributed by atoms with E-state index >= 15 is 0 Å². The van der Waals surface area contributed by atoms with Crippen molar-refractivity contribution >= 4 is 12.0 Å². The Labute approximate surface area is 113 Å². The number of aliphatic carboxylic acids is 1. The molecular formula is C12H23N3O4. The van der Waals surface area contributed by atoms with Gasteiger partial charge in [-0.3, -0.25) is 4.79 Å². The SMILES string of the molecule is CCOC(CNC(=O)NC1CCN(C)C1)CC(=O)O. The first-order valence-electron chi connectivity index (χ1n) is 6.57. The number of carbonyl (C=O) groups excluding carboxylic acids is 1. The molecule has 0 aliphatic carbocycles. The summed E-state index contributed by atoms with van der Waals surface area (Å²) in [7, 11) is 2.01. The van der Waals surface area contributed by atoms with Crippen molar-refractivity contribution in [1.29, 1.82) is 0 Å². The lowest BCUT2D eigenvalue weighted by molar-refractivity contribution is -0.140. The minimum atomic E-state index is -0.932. The fourth-order valence-electron chi connectivity index (χ4n) is 2.12. The van der Waals surface area contributed by atoms with Gasteiger partial charge in [0, 0.05) is 25.7 Å². The van der Waals surface area contributed by atoms with Crippen LogP contribution in [-0.4, -0.2) is 67.4 Å². The number of urea groups is 1. The quantitative estimate of drug-likeness (QED) is 0.601. The van der Waals surface area contributed by atoms with Gasteiger partial charge in [-0.2, -0.15) is 0 Å². The molecule has 2 atom stereocenters. The number of nitrogens with one attached hydrogen (secondary N) is 2. The third-order valence-corrected chi connectivity index (χ3v) is 3.02. The summed E-state index contributed by atoms with van der Waals surface area (Å²) >= 11 is 0. The molecule has 1 aliphatic rings. The van der Waals surface area contributed by atoms with E-state index < -0.39 is 12.1 Å². The number of amides is 2. The highest BCUT2D eigenvalue weighted by molar-refractivity contribution is 5.74. The minimum absolute atomic E-state index is 0.111. The van der Waals surface area contributed by atoms with E-state index in [1.54, 1.807) is 6.92 Å². The minimum Gasteiger partial charge on any atom is -0.481 e. The second kappa shape index (κ2) is 7.96. The third kappa shape index (κ3) is 6.40. The zero-order chi connectivity index (χ0) is 14.3. The summed E-state index contributed by atoms with van der Waals surface area (Å²) in [4.78, 5) is 24.4. The second-order valence-corrected chi connectivity index (χ2v) is 4.78. The van der Waals surface area contributed by atoms with Crippen LogP contribution in [0.2, 0.25) is 0 Å². The highest BCUT2D eigenvalue weighted by atomic mass is 16.5. The molecule has 7 heteroatoms. The molecule has 0 radical (unpaired) electrons. The Hall–Kier alpha value is -1.34. The van der Waals surface area contributed by atoms with Gasteiger partial charge >= 0.3 is 12.0 Å². The number of hydrogen-bond donors (Lipinski definition) is 3. The average molecular weight is 273 g/mol. The highest BCUT2D eigenvalue weighted by Gasteiger charge is 2.21. The van der Waals surface area contributed by atoms with Gasteiger partial charge < -0.3 is 25.4 Å². The van der Waals surface area contributed by atoms with E-state index in [9.17, 15) is 9.59 Å². The summed E-state index contributed by atoms with van der Waals surface area (Å²) in [6.45, 7) is 4.25. The van der Waals surface area contributed by atoms with Crippen LogP contribution in [0, 0.1) is 0 Å². The molecule has 1 saturated heterocycles. The average Bonchev–Trinajstić information content (AvgIpc) is 2.71. The lowest BCUT2D eigenvalue weighted by Crippen LogP contribution is -2.46. The van der Waals surface area contributed by atoms with Crippen LogP contribution in [0.25, 0.3) is 0 Å². The Bertz CT molecular complexity index is 311. The van der Waals surface area contributed by atoms with Crippen molar-refractivity contribution in [2.24, 2.45) is 0 Å². The van der Waals surface area contributed by atoms with Gasteiger partial charge in [-0.25, -0.2) is 4.79 Å². The fraction of sp³-hybridized carbons (Fsp3) is 0.833. The molecule has 2 amide bonds. The first kappa shape index (κ1) is 15.7. The standard InChI is InChI=1S/C12H23N3O4/c1-3-19-10(6-11(16)17)7-13-12(18)14-9-4-5-15(2)8-9/h9-10H,3-8H2,1-2H3,(H,16,17)(H2,13,14,18). The molecule has 0 spiro atoms. The number of nitrogens with zero attached hydrogens (tertiary/aromatic N) is 1. The molecule has 3 N–H and O–H groups in total. The van der Waals surface area contributed by atoms with Gasteiger partial charge in [0.05, 0.1) is 12.5 Å². The highest BCUT2D eigenvalue weighted by Crippen LogP contribution is 2.05. The van der Waals surface area contributed by atoms with Crippen molar-refractivity contribution in [3.8, 4) is 0 Å². The van der Waals surface area contributed by atoms with E-state index in [4.69, 9.17) is 9.84 Å². The van der Waals surface area contributed by atoms with E-state index in [2.05, 4.69) is 15.5 Å². The molecule has 0 bridgehead atoms. The molecule has 0 saturated carbocycles. The van der Waals surface area contributed by atoms with Crippen molar-refractivity contribution in [3.63, 3.8) is 0 Å². The van der Waals surface area contributed by atoms with E-state index in [0.29, 0.717) is 6.61 Å². The molecular weight excluding hydrogens is 250 g/mol. The molecule has 19 heavy (non-hydrogen) atoms. The summed E-state index contributed by atoms with van der Waals surface area (Å²) in [5.74, 6) is -0.932. The maximum Gasteiger partial charge on any atom is 0.315 e. The largest absolute Gasteiger partial charge is 0.481 e. The Morgan fingerprint density at radius 3 is 2.79 bits per heavy atom. The van der Waals surface area contributed by atoms with Gasteiger partial charge in [0.25, 0.3) is 0 Å². The number of carboxylic acids is 1. The molecule has 2 unspecified atom stereocenters. The Morgan fingerprint density at radius 2 is 2.26 bits per heavy atom. The van der Waals surface area contributed by atoms with Crippen LogP contribution in [0.3, 0.4) is 0 Å². The van der Waals surface area contributed by atoms with E-state index in [1.165, 1.54) is 0 Å². The predicted molar refractivity (Wildman–Crippen MR) is 70.1 cm³/mol. The molecule has 0 aromatic carbocycles. The third-order valence-electron chi connectivity index (χ3n) is 3.02. The van der Waals surface area contributed by atoms with Gasteiger partial charge in [-0.1, -0.05) is 0 Å². The number of likely N-dealkylation sites (tertiary alicyclic amines) is 1. The summed E-state index contributed by atoms with van der Waals surface area (Å²) < 4.78 is 5.26. The van der Waals surface area contributed by atoms with E-state index in [0.717, 1.165) is 19.5 Å². The van der Waals surface area contributed by atoms with Crippen LogP contribution < -0.4 is 10.6 Å². The van der Waals surface area contributed by atoms with Gasteiger partial charge in [-0.05, 0) is 26.9 Å². The molecule has 1 rings (SSSR count). The molecule has 0 aromatic rings. The monoisotopic (exact) mass is 273 g/mol. The molecule has 1 fully saturated rings. The molecule has 110 valence electrons. The van der Waals surface area contributed by atoms with Gasteiger partial charge in [0.15, 0.2) is 0 Å². The van der Waals surface area contributed by atoms with Crippen molar-refractivity contribution in [2.45, 2.75) is 31.9 Å². The number of ether oxygens (including phenoxy) is 1. The van der Waals surface area contributed by atoms with Crippen molar-refractivity contribution in [2.75, 3.05) is 33.3 Å². The molecule has 0 aromatic heterocycles. The van der Waals surface area contributed by atoms with Crippen molar-refractivity contribution in [1.82, 2.24) is 15.5 Å². The first-order valence-corrected chi connectivity index (χ1v) is 6.57. The predicted octanol–water partition coefficient (Wildman–Crippen LogP) is -0.130. The summed E-state index contributed by atoms with van der Waals surface area (Å²) in [6.07, 6.45) is 0.341. The normalized spacial score (nSPS) is 21.1. The number of carboxylic acid groups (broad SMARTS) is 1. The molecule has 1 heterocycles.